The number of aliphatic imine (C=N–C) groups is 1. The highest BCUT2D eigenvalue weighted by molar-refractivity contribution is 6.30. The number of allylic oxidation sites excluding steroid dienone is 1. The number of rotatable bonds is 3. The Morgan fingerprint density at radius 3 is 2.79 bits per heavy atom. The summed E-state index contributed by atoms with van der Waals surface area (Å²) in [5.74, 6) is -0.181. The number of nitrogens with zero attached hydrogens (tertiary/aromatic N) is 2. The van der Waals surface area contributed by atoms with Gasteiger partial charge in [0.25, 0.3) is 0 Å². The summed E-state index contributed by atoms with van der Waals surface area (Å²) in [6.07, 6.45) is 4.73. The standard InChI is InChI=1S/C17H15ClFN3O2/c18-12-3-1-9(5-13(12)19)14-4-2-10(7-20-14)11-6-15(11)22-16(23)8-21-17(22)24/h1-5,10-11,15H,6-8H2,(H,21,24)/t10?,11-,15+/m0/s1. The zero-order valence-corrected chi connectivity index (χ0v) is 13.5. The number of carbonyl (C=O) groups excluding carboxylic acids is 2. The molecule has 5 nitrogen and oxygen atoms in total. The molecule has 2 heterocycles. The molecule has 1 saturated carbocycles. The van der Waals surface area contributed by atoms with Crippen LogP contribution in [0.25, 0.3) is 0 Å². The minimum Gasteiger partial charge on any atom is -0.329 e. The van der Waals surface area contributed by atoms with Crippen molar-refractivity contribution in [1.82, 2.24) is 10.2 Å². The minimum atomic E-state index is -0.465. The lowest BCUT2D eigenvalue weighted by atomic mass is 9.97. The predicted molar refractivity (Wildman–Crippen MR) is 87.6 cm³/mol. The fourth-order valence-corrected chi connectivity index (χ4v) is 3.50. The van der Waals surface area contributed by atoms with Gasteiger partial charge in [-0.25, -0.2) is 9.18 Å². The first-order chi connectivity index (χ1) is 11.5. The Morgan fingerprint density at radius 2 is 2.17 bits per heavy atom. The van der Waals surface area contributed by atoms with E-state index in [4.69, 9.17) is 11.6 Å². The molecule has 3 atom stereocenters. The summed E-state index contributed by atoms with van der Waals surface area (Å²) in [6, 6.07) is 4.30. The second-order valence-electron chi connectivity index (χ2n) is 6.27. The van der Waals surface area contributed by atoms with Crippen molar-refractivity contribution in [1.29, 1.82) is 0 Å². The highest BCUT2D eigenvalue weighted by Crippen LogP contribution is 2.44. The van der Waals surface area contributed by atoms with Crippen LogP contribution in [0.5, 0.6) is 0 Å². The van der Waals surface area contributed by atoms with Crippen molar-refractivity contribution in [2.45, 2.75) is 12.5 Å². The van der Waals surface area contributed by atoms with Crippen LogP contribution < -0.4 is 5.32 Å². The lowest BCUT2D eigenvalue weighted by Crippen LogP contribution is -2.35. The zero-order valence-electron chi connectivity index (χ0n) is 12.7. The van der Waals surface area contributed by atoms with Gasteiger partial charge in [-0.2, -0.15) is 0 Å². The van der Waals surface area contributed by atoms with Gasteiger partial charge in [-0.3, -0.25) is 14.7 Å². The quantitative estimate of drug-likeness (QED) is 0.853. The van der Waals surface area contributed by atoms with Gasteiger partial charge in [0.15, 0.2) is 0 Å². The minimum absolute atomic E-state index is 0.0284. The highest BCUT2D eigenvalue weighted by atomic mass is 35.5. The highest BCUT2D eigenvalue weighted by Gasteiger charge is 2.51. The van der Waals surface area contributed by atoms with Gasteiger partial charge in [-0.15, -0.1) is 0 Å². The average molecular weight is 348 g/mol. The largest absolute Gasteiger partial charge is 0.329 e. The third-order valence-electron chi connectivity index (χ3n) is 4.75. The molecule has 1 N–H and O–H groups in total. The first-order valence-corrected chi connectivity index (χ1v) is 8.20. The molecule has 24 heavy (non-hydrogen) atoms. The van der Waals surface area contributed by atoms with Crippen molar-refractivity contribution in [3.8, 4) is 0 Å². The molecule has 3 aliphatic rings. The molecule has 1 aromatic carbocycles. The predicted octanol–water partition coefficient (Wildman–Crippen LogP) is 2.39. The average Bonchev–Trinajstić information content (AvgIpc) is 3.29. The molecular formula is C17H15ClFN3O2. The van der Waals surface area contributed by atoms with Gasteiger partial charge >= 0.3 is 6.03 Å². The third-order valence-corrected chi connectivity index (χ3v) is 5.06. The SMILES string of the molecule is O=C1CNC(=O)N1[C@@H]1C[C@H]1C1C=CC(c2ccc(Cl)c(F)c2)=NC1. The van der Waals surface area contributed by atoms with Crippen LogP contribution in [0.15, 0.2) is 35.3 Å². The summed E-state index contributed by atoms with van der Waals surface area (Å²) < 4.78 is 13.6. The number of hydrogen-bond donors (Lipinski definition) is 1. The second-order valence-corrected chi connectivity index (χ2v) is 6.67. The van der Waals surface area contributed by atoms with E-state index >= 15 is 0 Å². The molecule has 1 saturated heterocycles. The van der Waals surface area contributed by atoms with E-state index in [1.165, 1.54) is 17.0 Å². The number of amides is 3. The van der Waals surface area contributed by atoms with Crippen molar-refractivity contribution in [2.24, 2.45) is 16.8 Å². The maximum absolute atomic E-state index is 13.6. The number of benzene rings is 1. The van der Waals surface area contributed by atoms with Gasteiger partial charge in [0.2, 0.25) is 5.91 Å². The van der Waals surface area contributed by atoms with E-state index in [2.05, 4.69) is 10.3 Å². The molecule has 4 rings (SSSR count). The molecule has 2 aliphatic heterocycles. The van der Waals surface area contributed by atoms with Crippen LogP contribution in [-0.4, -0.2) is 41.7 Å². The summed E-state index contributed by atoms with van der Waals surface area (Å²) in [6.45, 7) is 0.661. The molecule has 1 aliphatic carbocycles. The van der Waals surface area contributed by atoms with Crippen LogP contribution in [0.2, 0.25) is 5.02 Å². The Morgan fingerprint density at radius 1 is 1.33 bits per heavy atom. The maximum Gasteiger partial charge on any atom is 0.324 e. The number of nitrogens with one attached hydrogen (secondary N) is 1. The molecule has 1 unspecified atom stereocenters. The molecular weight excluding hydrogens is 333 g/mol. The van der Waals surface area contributed by atoms with Gasteiger partial charge in [-0.1, -0.05) is 23.7 Å². The molecule has 0 aromatic heterocycles. The molecule has 3 amide bonds. The molecule has 1 aromatic rings. The van der Waals surface area contributed by atoms with Gasteiger partial charge in [0, 0.05) is 24.1 Å². The van der Waals surface area contributed by atoms with Crippen molar-refractivity contribution in [2.75, 3.05) is 13.1 Å². The first-order valence-electron chi connectivity index (χ1n) is 7.82. The Hall–Kier alpha value is -2.21. The lowest BCUT2D eigenvalue weighted by molar-refractivity contribution is -0.125. The summed E-state index contributed by atoms with van der Waals surface area (Å²) >= 11 is 5.70. The number of dihydropyridines is 1. The zero-order chi connectivity index (χ0) is 16.8. The number of carbonyl (C=O) groups is 2. The molecule has 0 radical (unpaired) electrons. The van der Waals surface area contributed by atoms with E-state index in [9.17, 15) is 14.0 Å². The van der Waals surface area contributed by atoms with Crippen molar-refractivity contribution >= 4 is 29.3 Å². The van der Waals surface area contributed by atoms with Crippen molar-refractivity contribution in [3.05, 3.63) is 46.8 Å². The molecule has 2 fully saturated rings. The fourth-order valence-electron chi connectivity index (χ4n) is 3.38. The number of hydrogen-bond acceptors (Lipinski definition) is 3. The van der Waals surface area contributed by atoms with Crippen LogP contribution in [0.3, 0.4) is 0 Å². The van der Waals surface area contributed by atoms with E-state index in [0.29, 0.717) is 17.8 Å². The van der Waals surface area contributed by atoms with Crippen LogP contribution in [0.4, 0.5) is 9.18 Å². The Labute approximate surface area is 143 Å². The topological polar surface area (TPSA) is 61.8 Å². The number of imide groups is 1. The van der Waals surface area contributed by atoms with E-state index < -0.39 is 5.82 Å². The smallest absolute Gasteiger partial charge is 0.324 e. The molecule has 0 spiro atoms. The summed E-state index contributed by atoms with van der Waals surface area (Å²) in [7, 11) is 0. The summed E-state index contributed by atoms with van der Waals surface area (Å²) in [4.78, 5) is 29.3. The van der Waals surface area contributed by atoms with Gasteiger partial charge < -0.3 is 5.32 Å². The second kappa shape index (κ2) is 5.70. The molecule has 0 bridgehead atoms. The van der Waals surface area contributed by atoms with E-state index in [1.807, 2.05) is 12.2 Å². The van der Waals surface area contributed by atoms with Crippen molar-refractivity contribution < 1.29 is 14.0 Å². The van der Waals surface area contributed by atoms with Gasteiger partial charge in [-0.05, 0) is 30.5 Å². The third kappa shape index (κ3) is 2.60. The summed E-state index contributed by atoms with van der Waals surface area (Å²) in [5.41, 5.74) is 1.40. The number of halogens is 2. The monoisotopic (exact) mass is 347 g/mol. The van der Waals surface area contributed by atoms with Crippen LogP contribution >= 0.6 is 11.6 Å². The Kier molecular flexibility index (Phi) is 3.64. The van der Waals surface area contributed by atoms with E-state index in [0.717, 1.165) is 6.42 Å². The van der Waals surface area contributed by atoms with Gasteiger partial charge in [0.1, 0.15) is 5.82 Å². The Bertz CT molecular complexity index is 776. The lowest BCUT2D eigenvalue weighted by Gasteiger charge is -2.18. The number of urea groups is 1. The van der Waals surface area contributed by atoms with Gasteiger partial charge in [0.05, 0.1) is 17.3 Å². The van der Waals surface area contributed by atoms with Crippen molar-refractivity contribution in [3.63, 3.8) is 0 Å². The fraction of sp³-hybridized carbons (Fsp3) is 0.353. The molecule has 7 heteroatoms. The first kappa shape index (κ1) is 15.3. The normalized spacial score (nSPS) is 28.8. The molecule has 124 valence electrons. The Balaban J connectivity index is 1.43. The van der Waals surface area contributed by atoms with Crippen LogP contribution in [-0.2, 0) is 4.79 Å². The summed E-state index contributed by atoms with van der Waals surface area (Å²) in [5, 5.41) is 2.64. The van der Waals surface area contributed by atoms with E-state index in [1.54, 1.807) is 6.07 Å². The van der Waals surface area contributed by atoms with Crippen LogP contribution in [0, 0.1) is 17.7 Å². The maximum atomic E-state index is 13.6. The van der Waals surface area contributed by atoms with Crippen LogP contribution in [0.1, 0.15) is 12.0 Å². The van der Waals surface area contributed by atoms with E-state index in [-0.39, 0.29) is 41.4 Å².